The van der Waals surface area contributed by atoms with Crippen LogP contribution in [0.25, 0.3) is 10.8 Å². The van der Waals surface area contributed by atoms with Crippen molar-refractivity contribution >= 4 is 22.4 Å². The second-order valence-corrected chi connectivity index (χ2v) is 7.53. The molecule has 0 bridgehead atoms. The first-order chi connectivity index (χ1) is 13.3. The minimum atomic E-state index is 0.490. The Bertz CT molecular complexity index is 884. The third-order valence-corrected chi connectivity index (χ3v) is 5.69. The average Bonchev–Trinajstić information content (AvgIpc) is 2.74. The lowest BCUT2D eigenvalue weighted by Gasteiger charge is -2.35. The minimum absolute atomic E-state index is 0.490. The molecule has 1 aliphatic rings. The Morgan fingerprint density at radius 1 is 1.04 bits per heavy atom. The fourth-order valence-corrected chi connectivity index (χ4v) is 4.25. The number of halogens is 1. The van der Waals surface area contributed by atoms with Crippen LogP contribution in [0.3, 0.4) is 0 Å². The highest BCUT2D eigenvalue weighted by Crippen LogP contribution is 2.32. The van der Waals surface area contributed by atoms with Crippen LogP contribution in [0.5, 0.6) is 5.75 Å². The molecule has 0 saturated carbocycles. The van der Waals surface area contributed by atoms with Crippen LogP contribution in [-0.4, -0.2) is 29.6 Å². The summed E-state index contributed by atoms with van der Waals surface area (Å²) in [6, 6.07) is 16.8. The summed E-state index contributed by atoms with van der Waals surface area (Å²) in [5.41, 5.74) is 1.34. The Hall–Kier alpha value is -2.10. The van der Waals surface area contributed by atoms with E-state index >= 15 is 0 Å². The number of rotatable bonds is 6. The van der Waals surface area contributed by atoms with Crippen LogP contribution >= 0.6 is 11.6 Å². The van der Waals surface area contributed by atoms with Gasteiger partial charge in [-0.2, -0.15) is 0 Å². The second kappa shape index (κ2) is 8.73. The van der Waals surface area contributed by atoms with E-state index in [0.717, 1.165) is 41.1 Å². The van der Waals surface area contributed by atoms with Crippen molar-refractivity contribution < 1.29 is 4.74 Å². The molecular formula is C23H25ClN2O. The zero-order valence-electron chi connectivity index (χ0n) is 15.5. The molecule has 1 fully saturated rings. The maximum Gasteiger partial charge on any atom is 0.127 e. The molecule has 2 heterocycles. The number of nitrogens with zero attached hydrogens (tertiary/aromatic N) is 2. The van der Waals surface area contributed by atoms with E-state index in [1.54, 1.807) is 0 Å². The molecule has 0 N–H and O–H groups in total. The molecule has 3 aromatic rings. The van der Waals surface area contributed by atoms with Gasteiger partial charge in [0.05, 0.1) is 6.61 Å². The Morgan fingerprint density at radius 3 is 2.78 bits per heavy atom. The molecule has 0 amide bonds. The van der Waals surface area contributed by atoms with E-state index in [9.17, 15) is 0 Å². The molecule has 2 aromatic carbocycles. The van der Waals surface area contributed by atoms with Crippen LogP contribution in [0.15, 0.2) is 60.9 Å². The summed E-state index contributed by atoms with van der Waals surface area (Å²) in [6.45, 7) is 2.91. The van der Waals surface area contributed by atoms with Crippen molar-refractivity contribution in [2.45, 2.75) is 31.7 Å². The van der Waals surface area contributed by atoms with Crippen LogP contribution in [0.1, 0.15) is 37.3 Å². The summed E-state index contributed by atoms with van der Waals surface area (Å²) in [5, 5.41) is 2.89. The van der Waals surface area contributed by atoms with Gasteiger partial charge in [-0.15, -0.1) is 0 Å². The number of hydrogen-bond donors (Lipinski definition) is 0. The van der Waals surface area contributed by atoms with Crippen LogP contribution in [-0.2, 0) is 0 Å². The van der Waals surface area contributed by atoms with E-state index < -0.39 is 0 Å². The van der Waals surface area contributed by atoms with E-state index in [1.165, 1.54) is 24.8 Å². The molecule has 1 saturated heterocycles. The predicted octanol–water partition coefficient (Wildman–Crippen LogP) is 5.88. The zero-order chi connectivity index (χ0) is 18.5. The number of fused-ring (bicyclic) bond motifs is 1. The molecule has 4 heteroatoms. The molecule has 140 valence electrons. The number of ether oxygens (including phenoxy) is 1. The van der Waals surface area contributed by atoms with Gasteiger partial charge in [0.1, 0.15) is 5.75 Å². The van der Waals surface area contributed by atoms with Gasteiger partial charge < -0.3 is 4.74 Å². The van der Waals surface area contributed by atoms with Gasteiger partial charge in [-0.3, -0.25) is 9.88 Å². The second-order valence-electron chi connectivity index (χ2n) is 7.13. The summed E-state index contributed by atoms with van der Waals surface area (Å²) in [6.07, 6.45) is 8.66. The fourth-order valence-electron chi connectivity index (χ4n) is 4.02. The third-order valence-electron chi connectivity index (χ3n) is 5.36. The van der Waals surface area contributed by atoms with Crippen LogP contribution in [0, 0.1) is 0 Å². The van der Waals surface area contributed by atoms with Crippen molar-refractivity contribution in [1.82, 2.24) is 9.88 Å². The summed E-state index contributed by atoms with van der Waals surface area (Å²) in [7, 11) is 0. The molecule has 0 spiro atoms. The molecule has 0 aliphatic carbocycles. The minimum Gasteiger partial charge on any atom is -0.493 e. The molecule has 3 nitrogen and oxygen atoms in total. The smallest absolute Gasteiger partial charge is 0.127 e. The molecule has 4 rings (SSSR count). The van der Waals surface area contributed by atoms with E-state index in [2.05, 4.69) is 22.0 Å². The molecule has 0 radical (unpaired) electrons. The number of likely N-dealkylation sites (tertiary alicyclic amines) is 1. The highest BCUT2D eigenvalue weighted by Gasteiger charge is 2.23. The molecule has 1 aliphatic heterocycles. The van der Waals surface area contributed by atoms with Crippen molar-refractivity contribution in [2.75, 3.05) is 19.7 Å². The first-order valence-electron chi connectivity index (χ1n) is 9.77. The first kappa shape index (κ1) is 18.3. The summed E-state index contributed by atoms with van der Waals surface area (Å²) < 4.78 is 6.11. The number of benzene rings is 2. The van der Waals surface area contributed by atoms with E-state index in [-0.39, 0.29) is 0 Å². The largest absolute Gasteiger partial charge is 0.493 e. The molecule has 1 aromatic heterocycles. The predicted molar refractivity (Wildman–Crippen MR) is 111 cm³/mol. The standard InChI is InChI=1S/C23H25ClN2O/c24-21-11-12-23(20-9-2-1-8-19(20)21)27-16-6-15-26-14-4-3-10-22(26)18-7-5-13-25-17-18/h1-2,5,7-9,11-13,17,22H,3-4,6,10,14-16H2/t22-/m0/s1. The Balaban J connectivity index is 1.36. The summed E-state index contributed by atoms with van der Waals surface area (Å²) >= 11 is 6.30. The molecule has 0 unspecified atom stereocenters. The maximum absolute atomic E-state index is 6.30. The SMILES string of the molecule is Clc1ccc(OCCCN2CCCC[C@H]2c2cccnc2)c2ccccc12. The van der Waals surface area contributed by atoms with E-state index in [1.807, 2.05) is 48.8 Å². The van der Waals surface area contributed by atoms with Gasteiger partial charge in [0.2, 0.25) is 0 Å². The summed E-state index contributed by atoms with van der Waals surface area (Å²) in [5.74, 6) is 0.914. The lowest BCUT2D eigenvalue weighted by Crippen LogP contribution is -2.34. The summed E-state index contributed by atoms with van der Waals surface area (Å²) in [4.78, 5) is 6.89. The topological polar surface area (TPSA) is 25.4 Å². The molecule has 1 atom stereocenters. The van der Waals surface area contributed by atoms with Crippen molar-refractivity contribution in [2.24, 2.45) is 0 Å². The molecule has 27 heavy (non-hydrogen) atoms. The normalized spacial score (nSPS) is 17.9. The van der Waals surface area contributed by atoms with Gasteiger partial charge in [-0.05, 0) is 49.6 Å². The fraction of sp³-hybridized carbons (Fsp3) is 0.348. The van der Waals surface area contributed by atoms with Gasteiger partial charge in [0.15, 0.2) is 0 Å². The number of pyridine rings is 1. The third kappa shape index (κ3) is 4.26. The zero-order valence-corrected chi connectivity index (χ0v) is 16.2. The lowest BCUT2D eigenvalue weighted by atomic mass is 9.96. The van der Waals surface area contributed by atoms with Crippen molar-refractivity contribution in [3.63, 3.8) is 0 Å². The van der Waals surface area contributed by atoms with Gasteiger partial charge >= 0.3 is 0 Å². The van der Waals surface area contributed by atoms with E-state index in [0.29, 0.717) is 12.6 Å². The Kier molecular flexibility index (Phi) is 5.90. The highest BCUT2D eigenvalue weighted by molar-refractivity contribution is 6.35. The van der Waals surface area contributed by atoms with Crippen LogP contribution in [0.4, 0.5) is 0 Å². The van der Waals surface area contributed by atoms with Crippen LogP contribution in [0.2, 0.25) is 5.02 Å². The Labute approximate surface area is 165 Å². The average molecular weight is 381 g/mol. The quantitative estimate of drug-likeness (QED) is 0.499. The molecular weight excluding hydrogens is 356 g/mol. The number of hydrogen-bond acceptors (Lipinski definition) is 3. The monoisotopic (exact) mass is 380 g/mol. The van der Waals surface area contributed by atoms with Gasteiger partial charge in [0.25, 0.3) is 0 Å². The number of piperidine rings is 1. The highest BCUT2D eigenvalue weighted by atomic mass is 35.5. The van der Waals surface area contributed by atoms with E-state index in [4.69, 9.17) is 16.3 Å². The first-order valence-corrected chi connectivity index (χ1v) is 10.1. The van der Waals surface area contributed by atoms with Gasteiger partial charge in [-0.25, -0.2) is 0 Å². The maximum atomic E-state index is 6.30. The van der Waals surface area contributed by atoms with Gasteiger partial charge in [-0.1, -0.05) is 48.4 Å². The number of aromatic nitrogens is 1. The van der Waals surface area contributed by atoms with Crippen LogP contribution < -0.4 is 4.74 Å². The Morgan fingerprint density at radius 2 is 1.93 bits per heavy atom. The van der Waals surface area contributed by atoms with Crippen molar-refractivity contribution in [3.8, 4) is 5.75 Å². The van der Waals surface area contributed by atoms with Gasteiger partial charge in [0, 0.05) is 40.8 Å². The van der Waals surface area contributed by atoms with Crippen molar-refractivity contribution in [3.05, 3.63) is 71.5 Å². The van der Waals surface area contributed by atoms with Crippen molar-refractivity contribution in [1.29, 1.82) is 0 Å². The lowest BCUT2D eigenvalue weighted by molar-refractivity contribution is 0.137.